The number of allylic oxidation sites excluding steroid dienone is 8. The summed E-state index contributed by atoms with van der Waals surface area (Å²) in [6, 6.07) is 18.4. The summed E-state index contributed by atoms with van der Waals surface area (Å²) >= 11 is 1.47. The van der Waals surface area contributed by atoms with Gasteiger partial charge in [-0.3, -0.25) is 12.2 Å². The second kappa shape index (κ2) is 12.8. The molecule has 1 atom stereocenters. The molecule has 236 valence electrons. The molecule has 0 nitrogen and oxygen atoms in total. The molecule has 1 unspecified atom stereocenters. The third-order valence-corrected chi connectivity index (χ3v) is 10.8. The number of hydrogen-bond acceptors (Lipinski definition) is 0. The number of hydrogen-bond donors (Lipinski definition) is 0. The van der Waals surface area contributed by atoms with Crippen LogP contribution in [0.25, 0.3) is 22.3 Å². The minimum atomic E-state index is 0.0340. The van der Waals surface area contributed by atoms with Crippen molar-refractivity contribution in [1.29, 1.82) is 0 Å². The van der Waals surface area contributed by atoms with Crippen LogP contribution in [0.1, 0.15) is 127 Å². The zero-order valence-electron chi connectivity index (χ0n) is 30.3. The molecule has 4 aliphatic carbocycles. The molecule has 0 aliphatic heterocycles. The third-order valence-electron chi connectivity index (χ3n) is 9.98. The Morgan fingerprint density at radius 2 is 1.43 bits per heavy atom. The summed E-state index contributed by atoms with van der Waals surface area (Å²) in [6.45, 7) is 27.0. The topological polar surface area (TPSA) is 0 Å². The summed E-state index contributed by atoms with van der Waals surface area (Å²) in [5, 5.41) is 0. The zero-order chi connectivity index (χ0) is 33.8. The molecule has 0 saturated heterocycles. The van der Waals surface area contributed by atoms with E-state index in [1.807, 2.05) is 0 Å². The molecule has 3 aromatic rings. The van der Waals surface area contributed by atoms with Gasteiger partial charge < -0.3 is 0 Å². The van der Waals surface area contributed by atoms with Crippen molar-refractivity contribution >= 4 is 14.9 Å². The van der Waals surface area contributed by atoms with Crippen molar-refractivity contribution in [3.05, 3.63) is 128 Å². The van der Waals surface area contributed by atoms with E-state index in [0.717, 1.165) is 12.8 Å². The first-order valence-electron chi connectivity index (χ1n) is 17.0. The Kier molecular flexibility index (Phi) is 9.63. The molecule has 0 bridgehead atoms. The fourth-order valence-electron chi connectivity index (χ4n) is 7.68. The van der Waals surface area contributed by atoms with E-state index in [4.69, 9.17) is 0 Å². The van der Waals surface area contributed by atoms with Gasteiger partial charge in [0.15, 0.2) is 0 Å². The first-order chi connectivity index (χ1) is 21.4. The molecule has 0 fully saturated rings. The van der Waals surface area contributed by atoms with E-state index in [-0.39, 0.29) is 10.8 Å². The Labute approximate surface area is 295 Å². The monoisotopic (exact) mass is 682 g/mol. The number of fused-ring (bicyclic) bond motifs is 5. The van der Waals surface area contributed by atoms with Crippen molar-refractivity contribution in [2.45, 2.75) is 107 Å². The Morgan fingerprint density at radius 3 is 1.98 bits per heavy atom. The fraction of sp³-hybridized carbons (Fsp3) is 0.400. The second-order valence-electron chi connectivity index (χ2n) is 15.9. The summed E-state index contributed by atoms with van der Waals surface area (Å²) in [5.74, 6) is 0.522. The summed E-state index contributed by atoms with van der Waals surface area (Å²) in [6.07, 6.45) is 14.1. The molecule has 0 amide bonds. The molecule has 1 heteroatoms. The summed E-state index contributed by atoms with van der Waals surface area (Å²) in [7, 11) is 0. The van der Waals surface area contributed by atoms with E-state index in [0.29, 0.717) is 11.3 Å². The van der Waals surface area contributed by atoms with E-state index in [2.05, 4.69) is 160 Å². The van der Waals surface area contributed by atoms with Crippen LogP contribution in [0.2, 0.25) is 0 Å². The molecular weight excluding hydrogens is 632 g/mol. The minimum absolute atomic E-state index is 0.0340. The van der Waals surface area contributed by atoms with Crippen molar-refractivity contribution in [3.8, 4) is 11.1 Å². The Hall–Kier alpha value is -2.63. The van der Waals surface area contributed by atoms with E-state index >= 15 is 0 Å². The van der Waals surface area contributed by atoms with Crippen LogP contribution in [0.5, 0.6) is 0 Å². The molecule has 3 aromatic carbocycles. The second-order valence-corrected chi connectivity index (χ2v) is 16.6. The average molecular weight is 684 g/mol. The Morgan fingerprint density at radius 1 is 0.848 bits per heavy atom. The normalized spacial score (nSPS) is 19.2. The van der Waals surface area contributed by atoms with Gasteiger partial charge in [-0.05, 0) is 58.4 Å². The maximum atomic E-state index is 3.65. The average Bonchev–Trinajstić information content (AvgIpc) is 3.67. The van der Waals surface area contributed by atoms with E-state index in [1.54, 1.807) is 0 Å². The molecule has 0 aromatic heterocycles. The van der Waals surface area contributed by atoms with Gasteiger partial charge in [-0.2, -0.15) is 17.2 Å². The van der Waals surface area contributed by atoms with E-state index in [1.165, 1.54) is 102 Å². The molecule has 0 spiro atoms. The van der Waals surface area contributed by atoms with Crippen molar-refractivity contribution in [1.82, 2.24) is 0 Å². The summed E-state index contributed by atoms with van der Waals surface area (Å²) in [5.41, 5.74) is 20.4. The van der Waals surface area contributed by atoms with E-state index in [9.17, 15) is 0 Å². The van der Waals surface area contributed by atoms with Crippen molar-refractivity contribution in [2.24, 2.45) is 11.3 Å². The zero-order valence-corrected chi connectivity index (χ0v) is 32.8. The fourth-order valence-corrected chi connectivity index (χ4v) is 8.15. The molecule has 4 aliphatic rings. The maximum absolute atomic E-state index is 3.65. The van der Waals surface area contributed by atoms with Crippen LogP contribution >= 0.6 is 0 Å². The predicted octanol–water partition coefficient (Wildman–Crippen LogP) is 11.9. The van der Waals surface area contributed by atoms with Crippen LogP contribution in [-0.4, -0.2) is 3.71 Å². The Bertz CT molecular complexity index is 1720. The predicted molar refractivity (Wildman–Crippen MR) is 197 cm³/mol. The van der Waals surface area contributed by atoms with Crippen LogP contribution in [0.4, 0.5) is 0 Å². The number of aryl methyl sites for hydroxylation is 1. The van der Waals surface area contributed by atoms with Gasteiger partial charge in [-0.15, -0.1) is 11.6 Å². The van der Waals surface area contributed by atoms with Gasteiger partial charge in [-0.1, -0.05) is 111 Å². The first kappa shape index (κ1) is 34.7. The molecule has 0 saturated carbocycles. The van der Waals surface area contributed by atoms with Crippen LogP contribution < -0.4 is 0 Å². The van der Waals surface area contributed by atoms with Gasteiger partial charge in [0.1, 0.15) is 0 Å². The van der Waals surface area contributed by atoms with Crippen LogP contribution in [0, 0.1) is 30.4 Å². The van der Waals surface area contributed by atoms with Gasteiger partial charge in [-0.25, -0.2) is 11.1 Å². The quantitative estimate of drug-likeness (QED) is 0.185. The molecule has 46 heavy (non-hydrogen) atoms. The summed E-state index contributed by atoms with van der Waals surface area (Å²) < 4.78 is 2.19. The van der Waals surface area contributed by atoms with Crippen LogP contribution in [0.3, 0.4) is 0 Å². The SMILES string of the molecule is CC1=[C-]C(C)(C)c2cc3c(cc21)-c1cc2c(cc1C3)C(C)(C)C=C2C.CCC1=[C-]C(C)C=C1C(C)(C)C.Cc1ccc([CH]=[Zr+2])cc1. The molecule has 7 rings (SSSR count). The molecule has 0 heterocycles. The Balaban J connectivity index is 0.000000165. The van der Waals surface area contributed by atoms with Crippen molar-refractivity contribution in [2.75, 3.05) is 0 Å². The van der Waals surface area contributed by atoms with Gasteiger partial charge in [0.25, 0.3) is 0 Å². The van der Waals surface area contributed by atoms with Crippen LogP contribution in [-0.2, 0) is 41.5 Å². The van der Waals surface area contributed by atoms with E-state index < -0.39 is 0 Å². The van der Waals surface area contributed by atoms with Gasteiger partial charge in [0.05, 0.1) is 0 Å². The first-order valence-corrected chi connectivity index (χ1v) is 18.5. The third kappa shape index (κ3) is 6.83. The molecule has 0 N–H and O–H groups in total. The summed E-state index contributed by atoms with van der Waals surface area (Å²) in [4.78, 5) is 0. The number of benzene rings is 3. The van der Waals surface area contributed by atoms with Gasteiger partial charge in [0, 0.05) is 5.41 Å². The number of rotatable bonds is 2. The molecular formula is C45H52Zr. The van der Waals surface area contributed by atoms with Crippen LogP contribution in [0.15, 0.2) is 71.8 Å². The van der Waals surface area contributed by atoms with Gasteiger partial charge >= 0.3 is 70.3 Å². The van der Waals surface area contributed by atoms with Crippen molar-refractivity contribution < 1.29 is 24.2 Å². The molecule has 0 radical (unpaired) electrons. The van der Waals surface area contributed by atoms with Crippen molar-refractivity contribution in [3.63, 3.8) is 0 Å². The van der Waals surface area contributed by atoms with Gasteiger partial charge in [0.2, 0.25) is 0 Å². The standard InChI is InChI=1S/C25H25.C12H19.C8H8.Zr/c1-14-12-24(3,4)22-8-16-7-17-9-23-19(15(2)13-25(23,5)6)11-21(17)20(16)10-18(14)22;1-6-10-7-9(2)8-11(10)12(3,4)5;1-7-3-5-8(2)6-4-7;/h8-12H,7H2,1-6H3;8-9H,6H2,1-5H3;1,3-6H,2H3;/q2*-1;;+2.